The molecule has 0 amide bonds. The van der Waals surface area contributed by atoms with Crippen molar-refractivity contribution in [1.82, 2.24) is 9.97 Å². The van der Waals surface area contributed by atoms with E-state index in [4.69, 9.17) is 0 Å². The predicted octanol–water partition coefficient (Wildman–Crippen LogP) is 3.18. The highest BCUT2D eigenvalue weighted by molar-refractivity contribution is 5.63. The fourth-order valence-corrected chi connectivity index (χ4v) is 1.57. The van der Waals surface area contributed by atoms with Crippen LogP contribution in [0.4, 0.5) is 0 Å². The minimum atomic E-state index is 0.0996. The number of nitrogens with zero attached hydrogens (tertiary/aromatic N) is 2. The molecule has 0 aliphatic heterocycles. The van der Waals surface area contributed by atoms with Crippen molar-refractivity contribution < 1.29 is 0 Å². The van der Waals surface area contributed by atoms with Crippen molar-refractivity contribution in [1.29, 1.82) is 0 Å². The van der Waals surface area contributed by atoms with Crippen molar-refractivity contribution in [2.24, 2.45) is 11.3 Å². The SMILES string of the molecule is CC(C)C1(C)C=Cc2nccnc2C=C1. The standard InChI is InChI=1S/C13H16N2/c1-10(2)13(3)6-4-11-12(5-7-13)15-9-8-14-11/h4-10H,1-3H3. The van der Waals surface area contributed by atoms with Crippen LogP contribution in [0.5, 0.6) is 0 Å². The zero-order chi connectivity index (χ0) is 10.9. The van der Waals surface area contributed by atoms with Gasteiger partial charge in [-0.1, -0.05) is 32.9 Å². The van der Waals surface area contributed by atoms with Crippen molar-refractivity contribution >= 4 is 12.2 Å². The van der Waals surface area contributed by atoms with Crippen LogP contribution in [-0.2, 0) is 0 Å². The number of allylic oxidation sites excluding steroid dienone is 2. The lowest BCUT2D eigenvalue weighted by Crippen LogP contribution is -2.16. The largest absolute Gasteiger partial charge is 0.253 e. The van der Waals surface area contributed by atoms with E-state index < -0.39 is 0 Å². The van der Waals surface area contributed by atoms with Crippen molar-refractivity contribution in [2.45, 2.75) is 20.8 Å². The second-order valence-electron chi connectivity index (χ2n) is 4.51. The number of hydrogen-bond acceptors (Lipinski definition) is 2. The van der Waals surface area contributed by atoms with E-state index in [2.05, 4.69) is 55.0 Å². The molecular formula is C13H16N2. The molecular weight excluding hydrogens is 184 g/mol. The van der Waals surface area contributed by atoms with Crippen LogP contribution < -0.4 is 0 Å². The minimum absolute atomic E-state index is 0.0996. The van der Waals surface area contributed by atoms with Gasteiger partial charge in [0.2, 0.25) is 0 Å². The molecule has 1 aliphatic carbocycles. The first-order valence-electron chi connectivity index (χ1n) is 5.31. The first-order chi connectivity index (χ1) is 7.12. The Labute approximate surface area is 90.8 Å². The van der Waals surface area contributed by atoms with Crippen LogP contribution in [0.2, 0.25) is 0 Å². The lowest BCUT2D eigenvalue weighted by molar-refractivity contribution is 0.387. The predicted molar refractivity (Wildman–Crippen MR) is 63.0 cm³/mol. The molecule has 0 aromatic carbocycles. The molecule has 0 fully saturated rings. The van der Waals surface area contributed by atoms with Gasteiger partial charge in [0.1, 0.15) is 0 Å². The smallest absolute Gasteiger partial charge is 0.0883 e. The molecule has 2 nitrogen and oxygen atoms in total. The van der Waals surface area contributed by atoms with Crippen LogP contribution in [0.1, 0.15) is 32.2 Å². The summed E-state index contributed by atoms with van der Waals surface area (Å²) in [5, 5.41) is 0. The highest BCUT2D eigenvalue weighted by Gasteiger charge is 2.23. The first kappa shape index (κ1) is 10.1. The molecule has 0 spiro atoms. The Morgan fingerprint density at radius 2 is 1.47 bits per heavy atom. The van der Waals surface area contributed by atoms with Crippen LogP contribution in [0.15, 0.2) is 24.5 Å². The lowest BCUT2D eigenvalue weighted by Gasteiger charge is -2.25. The summed E-state index contributed by atoms with van der Waals surface area (Å²) in [6.07, 6.45) is 12.0. The maximum absolute atomic E-state index is 4.30. The van der Waals surface area contributed by atoms with Gasteiger partial charge in [0, 0.05) is 17.8 Å². The Bertz CT molecular complexity index is 383. The van der Waals surface area contributed by atoms with Crippen molar-refractivity contribution in [2.75, 3.05) is 0 Å². The summed E-state index contributed by atoms with van der Waals surface area (Å²) in [4.78, 5) is 8.61. The summed E-state index contributed by atoms with van der Waals surface area (Å²) in [7, 11) is 0. The Hall–Kier alpha value is -1.44. The van der Waals surface area contributed by atoms with E-state index in [0.29, 0.717) is 5.92 Å². The summed E-state index contributed by atoms with van der Waals surface area (Å²) in [6, 6.07) is 0. The molecule has 0 saturated heterocycles. The van der Waals surface area contributed by atoms with Gasteiger partial charge in [-0.15, -0.1) is 0 Å². The molecule has 1 aliphatic rings. The highest BCUT2D eigenvalue weighted by atomic mass is 14.8. The quantitative estimate of drug-likeness (QED) is 0.695. The van der Waals surface area contributed by atoms with Gasteiger partial charge >= 0.3 is 0 Å². The maximum atomic E-state index is 4.30. The average molecular weight is 200 g/mol. The van der Waals surface area contributed by atoms with Crippen molar-refractivity contribution in [3.05, 3.63) is 35.9 Å². The molecule has 1 heterocycles. The molecule has 2 heteroatoms. The van der Waals surface area contributed by atoms with E-state index in [1.807, 2.05) is 0 Å². The van der Waals surface area contributed by atoms with Crippen LogP contribution in [-0.4, -0.2) is 9.97 Å². The van der Waals surface area contributed by atoms with Crippen molar-refractivity contribution in [3.63, 3.8) is 0 Å². The van der Waals surface area contributed by atoms with Crippen molar-refractivity contribution in [3.8, 4) is 0 Å². The molecule has 1 aromatic rings. The third kappa shape index (κ3) is 1.84. The second kappa shape index (κ2) is 3.61. The van der Waals surface area contributed by atoms with E-state index in [1.54, 1.807) is 12.4 Å². The topological polar surface area (TPSA) is 25.8 Å². The van der Waals surface area contributed by atoms with Gasteiger partial charge in [-0.25, -0.2) is 0 Å². The Morgan fingerprint density at radius 3 is 1.87 bits per heavy atom. The molecule has 2 rings (SSSR count). The fourth-order valence-electron chi connectivity index (χ4n) is 1.57. The third-order valence-electron chi connectivity index (χ3n) is 3.20. The second-order valence-corrected chi connectivity index (χ2v) is 4.51. The van der Waals surface area contributed by atoms with Crippen LogP contribution in [0.25, 0.3) is 12.2 Å². The molecule has 15 heavy (non-hydrogen) atoms. The van der Waals surface area contributed by atoms with Crippen LogP contribution >= 0.6 is 0 Å². The van der Waals surface area contributed by atoms with E-state index in [0.717, 1.165) is 11.4 Å². The van der Waals surface area contributed by atoms with Gasteiger partial charge in [0.05, 0.1) is 11.4 Å². The lowest BCUT2D eigenvalue weighted by atomic mass is 9.79. The van der Waals surface area contributed by atoms with Crippen LogP contribution in [0.3, 0.4) is 0 Å². The zero-order valence-corrected chi connectivity index (χ0v) is 9.44. The molecule has 0 N–H and O–H groups in total. The van der Waals surface area contributed by atoms with Gasteiger partial charge in [-0.3, -0.25) is 9.97 Å². The zero-order valence-electron chi connectivity index (χ0n) is 9.44. The van der Waals surface area contributed by atoms with Gasteiger partial charge in [0.15, 0.2) is 0 Å². The van der Waals surface area contributed by atoms with Gasteiger partial charge in [0.25, 0.3) is 0 Å². The molecule has 0 atom stereocenters. The Balaban J connectivity index is 2.46. The van der Waals surface area contributed by atoms with Gasteiger partial charge in [-0.05, 0) is 18.1 Å². The molecule has 0 radical (unpaired) electrons. The number of fused-ring (bicyclic) bond motifs is 1. The first-order valence-corrected chi connectivity index (χ1v) is 5.31. The normalized spacial score (nSPS) is 17.6. The number of rotatable bonds is 1. The monoisotopic (exact) mass is 200 g/mol. The highest BCUT2D eigenvalue weighted by Crippen LogP contribution is 2.33. The fraction of sp³-hybridized carbons (Fsp3) is 0.385. The van der Waals surface area contributed by atoms with Gasteiger partial charge in [-0.2, -0.15) is 0 Å². The third-order valence-corrected chi connectivity index (χ3v) is 3.20. The average Bonchev–Trinajstić information content (AvgIpc) is 2.40. The number of hydrogen-bond donors (Lipinski definition) is 0. The van der Waals surface area contributed by atoms with Crippen LogP contribution in [0, 0.1) is 11.3 Å². The molecule has 78 valence electrons. The summed E-state index contributed by atoms with van der Waals surface area (Å²) in [5.74, 6) is 0.569. The summed E-state index contributed by atoms with van der Waals surface area (Å²) < 4.78 is 0. The maximum Gasteiger partial charge on any atom is 0.0883 e. The summed E-state index contributed by atoms with van der Waals surface area (Å²) in [6.45, 7) is 6.69. The van der Waals surface area contributed by atoms with E-state index in [-0.39, 0.29) is 5.41 Å². The summed E-state index contributed by atoms with van der Waals surface area (Å²) >= 11 is 0. The molecule has 0 unspecified atom stereocenters. The molecule has 0 saturated carbocycles. The van der Waals surface area contributed by atoms with Gasteiger partial charge < -0.3 is 0 Å². The van der Waals surface area contributed by atoms with E-state index >= 15 is 0 Å². The minimum Gasteiger partial charge on any atom is -0.253 e. The van der Waals surface area contributed by atoms with E-state index in [9.17, 15) is 0 Å². The van der Waals surface area contributed by atoms with E-state index in [1.165, 1.54) is 0 Å². The molecule has 0 bridgehead atoms. The molecule has 1 aromatic heterocycles. The Morgan fingerprint density at radius 1 is 1.00 bits per heavy atom. The summed E-state index contributed by atoms with van der Waals surface area (Å²) in [5.41, 5.74) is 2.01. The Kier molecular flexibility index (Phi) is 2.43. The number of aromatic nitrogens is 2.